The molecule has 0 bridgehead atoms. The third kappa shape index (κ3) is 5.30. The van der Waals surface area contributed by atoms with Crippen LogP contribution in [0.25, 0.3) is 0 Å². The van der Waals surface area contributed by atoms with E-state index in [1.165, 1.54) is 38.5 Å². The molecule has 1 heteroatoms. The lowest BCUT2D eigenvalue weighted by molar-refractivity contribution is 0.416. The molecule has 1 aliphatic carbocycles. The molecule has 0 heterocycles. The van der Waals surface area contributed by atoms with E-state index in [4.69, 9.17) is 0 Å². The van der Waals surface area contributed by atoms with Crippen LogP contribution in [0.2, 0.25) is 0 Å². The smallest absolute Gasteiger partial charge is 0.00642 e. The molecule has 1 rings (SSSR count). The van der Waals surface area contributed by atoms with Crippen LogP contribution in [-0.2, 0) is 0 Å². The van der Waals surface area contributed by atoms with Crippen LogP contribution in [0.4, 0.5) is 0 Å². The highest BCUT2D eigenvalue weighted by molar-refractivity contribution is 4.76. The van der Waals surface area contributed by atoms with Gasteiger partial charge in [-0.25, -0.2) is 0 Å². The van der Waals surface area contributed by atoms with Gasteiger partial charge in [0, 0.05) is 6.04 Å². The third-order valence-corrected chi connectivity index (χ3v) is 3.12. The average Bonchev–Trinajstić information content (AvgIpc) is 2.88. The van der Waals surface area contributed by atoms with Crippen molar-refractivity contribution in [2.75, 3.05) is 7.05 Å². The number of nitrogens with one attached hydrogen (secondary N) is 1. The van der Waals surface area contributed by atoms with Crippen molar-refractivity contribution < 1.29 is 0 Å². The molecule has 0 spiro atoms. The summed E-state index contributed by atoms with van der Waals surface area (Å²) in [6.45, 7) is 4.63. The molecule has 1 nitrogen and oxygen atoms in total. The molecule has 1 N–H and O–H groups in total. The fourth-order valence-corrected chi connectivity index (χ4v) is 1.81. The molecular formula is C12H25N. The molecule has 1 saturated carbocycles. The SMILES string of the molecule is CNC(CCC(C)C)CCC1CC1. The fourth-order valence-electron chi connectivity index (χ4n) is 1.81. The van der Waals surface area contributed by atoms with E-state index >= 15 is 0 Å². The summed E-state index contributed by atoms with van der Waals surface area (Å²) in [6.07, 6.45) is 8.59. The number of rotatable bonds is 7. The van der Waals surface area contributed by atoms with E-state index in [1.807, 2.05) is 0 Å². The number of hydrogen-bond donors (Lipinski definition) is 1. The second kappa shape index (κ2) is 5.64. The van der Waals surface area contributed by atoms with Gasteiger partial charge in [0.25, 0.3) is 0 Å². The zero-order valence-corrected chi connectivity index (χ0v) is 9.47. The summed E-state index contributed by atoms with van der Waals surface area (Å²) in [4.78, 5) is 0. The minimum absolute atomic E-state index is 0.781. The predicted molar refractivity (Wildman–Crippen MR) is 58.9 cm³/mol. The van der Waals surface area contributed by atoms with Crippen molar-refractivity contribution in [1.29, 1.82) is 0 Å². The molecular weight excluding hydrogens is 158 g/mol. The molecule has 0 amide bonds. The first-order valence-corrected chi connectivity index (χ1v) is 5.89. The molecule has 1 atom stereocenters. The van der Waals surface area contributed by atoms with E-state index in [9.17, 15) is 0 Å². The summed E-state index contributed by atoms with van der Waals surface area (Å²) in [7, 11) is 2.11. The first-order valence-electron chi connectivity index (χ1n) is 5.89. The van der Waals surface area contributed by atoms with Gasteiger partial charge in [-0.15, -0.1) is 0 Å². The molecule has 0 aromatic rings. The van der Waals surface area contributed by atoms with E-state index in [0.717, 1.165) is 17.9 Å². The minimum atomic E-state index is 0.781. The van der Waals surface area contributed by atoms with Gasteiger partial charge in [-0.3, -0.25) is 0 Å². The minimum Gasteiger partial charge on any atom is -0.317 e. The van der Waals surface area contributed by atoms with Gasteiger partial charge in [-0.2, -0.15) is 0 Å². The largest absolute Gasteiger partial charge is 0.317 e. The lowest BCUT2D eigenvalue weighted by Crippen LogP contribution is -2.25. The quantitative estimate of drug-likeness (QED) is 0.639. The van der Waals surface area contributed by atoms with Gasteiger partial charge in [-0.05, 0) is 44.6 Å². The molecule has 0 saturated heterocycles. The van der Waals surface area contributed by atoms with Crippen molar-refractivity contribution in [3.8, 4) is 0 Å². The molecule has 0 aliphatic heterocycles. The van der Waals surface area contributed by atoms with Crippen molar-refractivity contribution in [2.24, 2.45) is 11.8 Å². The highest BCUT2D eigenvalue weighted by atomic mass is 14.9. The molecule has 0 aromatic carbocycles. The van der Waals surface area contributed by atoms with Crippen LogP contribution in [0.15, 0.2) is 0 Å². The van der Waals surface area contributed by atoms with Crippen LogP contribution in [0.5, 0.6) is 0 Å². The third-order valence-electron chi connectivity index (χ3n) is 3.12. The summed E-state index contributed by atoms with van der Waals surface area (Å²) in [5, 5.41) is 3.44. The molecule has 1 fully saturated rings. The predicted octanol–water partition coefficient (Wildman–Crippen LogP) is 3.20. The molecule has 78 valence electrons. The van der Waals surface area contributed by atoms with Gasteiger partial charge < -0.3 is 5.32 Å². The second-order valence-corrected chi connectivity index (χ2v) is 4.98. The van der Waals surface area contributed by atoms with Crippen LogP contribution in [-0.4, -0.2) is 13.1 Å². The maximum atomic E-state index is 3.44. The van der Waals surface area contributed by atoms with Gasteiger partial charge in [0.2, 0.25) is 0 Å². The Labute approximate surface area is 83.3 Å². The zero-order chi connectivity index (χ0) is 9.68. The summed E-state index contributed by atoms with van der Waals surface area (Å²) in [5.74, 6) is 1.95. The first-order chi connectivity index (χ1) is 6.22. The van der Waals surface area contributed by atoms with Crippen LogP contribution in [0.3, 0.4) is 0 Å². The highest BCUT2D eigenvalue weighted by Gasteiger charge is 2.21. The Hall–Kier alpha value is -0.0400. The van der Waals surface area contributed by atoms with E-state index in [-0.39, 0.29) is 0 Å². The van der Waals surface area contributed by atoms with E-state index < -0.39 is 0 Å². The molecule has 13 heavy (non-hydrogen) atoms. The summed E-state index contributed by atoms with van der Waals surface area (Å²) in [6, 6.07) is 0.781. The van der Waals surface area contributed by atoms with Crippen LogP contribution >= 0.6 is 0 Å². The average molecular weight is 183 g/mol. The van der Waals surface area contributed by atoms with Crippen molar-refractivity contribution in [1.82, 2.24) is 5.32 Å². The molecule has 1 aliphatic rings. The zero-order valence-electron chi connectivity index (χ0n) is 9.47. The van der Waals surface area contributed by atoms with E-state index in [2.05, 4.69) is 26.2 Å². The lowest BCUT2D eigenvalue weighted by Gasteiger charge is -2.16. The highest BCUT2D eigenvalue weighted by Crippen LogP contribution is 2.34. The van der Waals surface area contributed by atoms with E-state index in [1.54, 1.807) is 0 Å². The van der Waals surface area contributed by atoms with Crippen molar-refractivity contribution >= 4 is 0 Å². The standard InChI is InChI=1S/C12H25N/c1-10(2)4-8-12(13-3)9-7-11-5-6-11/h10-13H,4-9H2,1-3H3. The van der Waals surface area contributed by atoms with E-state index in [0.29, 0.717) is 0 Å². The van der Waals surface area contributed by atoms with Crippen molar-refractivity contribution in [2.45, 2.75) is 58.4 Å². The van der Waals surface area contributed by atoms with Gasteiger partial charge in [0.1, 0.15) is 0 Å². The Morgan fingerprint density at radius 1 is 1.15 bits per heavy atom. The van der Waals surface area contributed by atoms with Gasteiger partial charge >= 0.3 is 0 Å². The number of hydrogen-bond acceptors (Lipinski definition) is 1. The maximum absolute atomic E-state index is 3.44. The monoisotopic (exact) mass is 183 g/mol. The normalized spacial score (nSPS) is 19.4. The Morgan fingerprint density at radius 2 is 1.85 bits per heavy atom. The second-order valence-electron chi connectivity index (χ2n) is 4.98. The van der Waals surface area contributed by atoms with Gasteiger partial charge in [0.15, 0.2) is 0 Å². The molecule has 1 unspecified atom stereocenters. The molecule has 0 radical (unpaired) electrons. The molecule has 0 aromatic heterocycles. The van der Waals surface area contributed by atoms with Crippen LogP contribution in [0, 0.1) is 11.8 Å². The van der Waals surface area contributed by atoms with Gasteiger partial charge in [0.05, 0.1) is 0 Å². The Morgan fingerprint density at radius 3 is 2.31 bits per heavy atom. The van der Waals surface area contributed by atoms with Gasteiger partial charge in [-0.1, -0.05) is 26.7 Å². The van der Waals surface area contributed by atoms with Crippen LogP contribution < -0.4 is 5.32 Å². The first kappa shape index (κ1) is 11.0. The Bertz CT molecular complexity index is 121. The lowest BCUT2D eigenvalue weighted by atomic mass is 9.99. The Balaban J connectivity index is 2.02. The summed E-state index contributed by atoms with van der Waals surface area (Å²) >= 11 is 0. The fraction of sp³-hybridized carbons (Fsp3) is 1.00. The summed E-state index contributed by atoms with van der Waals surface area (Å²) in [5.41, 5.74) is 0. The van der Waals surface area contributed by atoms with Crippen molar-refractivity contribution in [3.63, 3.8) is 0 Å². The van der Waals surface area contributed by atoms with Crippen molar-refractivity contribution in [3.05, 3.63) is 0 Å². The topological polar surface area (TPSA) is 12.0 Å². The summed E-state index contributed by atoms with van der Waals surface area (Å²) < 4.78 is 0. The van der Waals surface area contributed by atoms with Crippen LogP contribution in [0.1, 0.15) is 52.4 Å². The maximum Gasteiger partial charge on any atom is 0.00642 e. The Kier molecular flexibility index (Phi) is 4.79.